The van der Waals surface area contributed by atoms with E-state index < -0.39 is 22.5 Å². The molecule has 0 aliphatic carbocycles. The van der Waals surface area contributed by atoms with Crippen molar-refractivity contribution in [3.63, 3.8) is 0 Å². The van der Waals surface area contributed by atoms with Gasteiger partial charge in [0.1, 0.15) is 17.2 Å². The van der Waals surface area contributed by atoms with Crippen molar-refractivity contribution in [3.05, 3.63) is 29.5 Å². The molecule has 2 N–H and O–H groups in total. The molecule has 0 fully saturated rings. The normalized spacial score (nSPS) is 11.3. The monoisotopic (exact) mass is 340 g/mol. The van der Waals surface area contributed by atoms with Crippen molar-refractivity contribution in [1.29, 1.82) is 0 Å². The molecule has 1 aromatic heterocycles. The predicted octanol–water partition coefficient (Wildman–Crippen LogP) is 0.789. The summed E-state index contributed by atoms with van der Waals surface area (Å²) in [5.74, 6) is -0.981. The number of benzene rings is 1. The Balaban J connectivity index is 2.34. The van der Waals surface area contributed by atoms with E-state index in [1.807, 2.05) is 6.92 Å². The molecular weight excluding hydrogens is 324 g/mol. The largest absolute Gasteiger partial charge is 0.495 e. The third-order valence-electron chi connectivity index (χ3n) is 3.14. The molecule has 0 saturated carbocycles. The first kappa shape index (κ1) is 16.7. The van der Waals surface area contributed by atoms with Gasteiger partial charge in [0.2, 0.25) is 0 Å². The van der Waals surface area contributed by atoms with Crippen molar-refractivity contribution in [2.75, 3.05) is 11.8 Å². The number of aryl methyl sites for hydroxylation is 2. The van der Waals surface area contributed by atoms with Crippen LogP contribution in [0.4, 0.5) is 5.82 Å². The van der Waals surface area contributed by atoms with Crippen LogP contribution in [0.15, 0.2) is 23.2 Å². The molecule has 1 aromatic carbocycles. The first-order valence-electron chi connectivity index (χ1n) is 6.53. The lowest BCUT2D eigenvalue weighted by Gasteiger charge is -2.12. The van der Waals surface area contributed by atoms with Gasteiger partial charge in [0.15, 0.2) is 5.82 Å². The molecule has 9 nitrogen and oxygen atoms in total. The lowest BCUT2D eigenvalue weighted by atomic mass is 10.1. The first-order chi connectivity index (χ1) is 10.7. The van der Waals surface area contributed by atoms with Crippen LogP contribution in [-0.4, -0.2) is 41.6 Å². The van der Waals surface area contributed by atoms with Gasteiger partial charge < -0.3 is 9.84 Å². The highest BCUT2D eigenvalue weighted by atomic mass is 32.2. The fourth-order valence-electron chi connectivity index (χ4n) is 1.89. The summed E-state index contributed by atoms with van der Waals surface area (Å²) in [4.78, 5) is 10.6. The number of anilines is 1. The smallest absolute Gasteiger partial charge is 0.325 e. The van der Waals surface area contributed by atoms with E-state index in [1.54, 1.807) is 13.0 Å². The molecular formula is C13H16N4O5S. The zero-order valence-corrected chi connectivity index (χ0v) is 13.6. The molecule has 0 radical (unpaired) electrons. The van der Waals surface area contributed by atoms with Gasteiger partial charge >= 0.3 is 5.97 Å². The second-order valence-corrected chi connectivity index (χ2v) is 6.54. The van der Waals surface area contributed by atoms with Crippen molar-refractivity contribution < 1.29 is 23.1 Å². The Morgan fingerprint density at radius 2 is 2.00 bits per heavy atom. The van der Waals surface area contributed by atoms with E-state index in [4.69, 9.17) is 9.84 Å². The number of nitrogens with one attached hydrogen (secondary N) is 1. The minimum Gasteiger partial charge on any atom is -0.495 e. The van der Waals surface area contributed by atoms with E-state index in [2.05, 4.69) is 15.0 Å². The van der Waals surface area contributed by atoms with Gasteiger partial charge in [-0.05, 0) is 37.1 Å². The molecule has 2 aromatic rings. The van der Waals surface area contributed by atoms with Crippen LogP contribution in [-0.2, 0) is 21.4 Å². The van der Waals surface area contributed by atoms with Crippen LogP contribution in [0.3, 0.4) is 0 Å². The van der Waals surface area contributed by atoms with Crippen LogP contribution in [0.25, 0.3) is 0 Å². The Kier molecular flexibility index (Phi) is 4.55. The van der Waals surface area contributed by atoms with Gasteiger partial charge in [0, 0.05) is 0 Å². The lowest BCUT2D eigenvalue weighted by molar-refractivity contribution is -0.137. The molecule has 10 heteroatoms. The number of nitrogens with zero attached hydrogens (tertiary/aromatic N) is 3. The van der Waals surface area contributed by atoms with E-state index in [0.717, 1.165) is 15.8 Å². The van der Waals surface area contributed by atoms with Crippen LogP contribution >= 0.6 is 0 Å². The molecule has 0 atom stereocenters. The molecule has 124 valence electrons. The maximum Gasteiger partial charge on any atom is 0.325 e. The summed E-state index contributed by atoms with van der Waals surface area (Å²) in [6, 6.07) is 3.13. The molecule has 2 rings (SSSR count). The highest BCUT2D eigenvalue weighted by Gasteiger charge is 2.22. The Hall–Kier alpha value is -2.62. The lowest BCUT2D eigenvalue weighted by Crippen LogP contribution is -2.15. The number of ether oxygens (including phenoxy) is 1. The maximum absolute atomic E-state index is 12.5. The Morgan fingerprint density at radius 1 is 1.35 bits per heavy atom. The molecule has 0 aliphatic heterocycles. The van der Waals surface area contributed by atoms with Crippen molar-refractivity contribution in [3.8, 4) is 5.75 Å². The number of carbonyl (C=O) groups is 1. The fourth-order valence-corrected chi connectivity index (χ4v) is 3.10. The summed E-state index contributed by atoms with van der Waals surface area (Å²) in [5.41, 5.74) is 1.69. The molecule has 1 heterocycles. The number of aromatic nitrogens is 3. The van der Waals surface area contributed by atoms with Crippen LogP contribution in [0.1, 0.15) is 11.1 Å². The van der Waals surface area contributed by atoms with Crippen LogP contribution in [0.5, 0.6) is 5.75 Å². The number of carboxylic acid groups (broad SMARTS) is 1. The van der Waals surface area contributed by atoms with Crippen LogP contribution in [0.2, 0.25) is 0 Å². The molecule has 0 saturated heterocycles. The van der Waals surface area contributed by atoms with E-state index >= 15 is 0 Å². The van der Waals surface area contributed by atoms with Crippen LogP contribution in [0, 0.1) is 13.8 Å². The average Bonchev–Trinajstić information content (AvgIpc) is 2.86. The van der Waals surface area contributed by atoms with E-state index in [-0.39, 0.29) is 16.5 Å². The summed E-state index contributed by atoms with van der Waals surface area (Å²) in [6.07, 6.45) is 1.19. The molecule has 0 spiro atoms. The number of hydrogen-bond acceptors (Lipinski definition) is 6. The first-order valence-corrected chi connectivity index (χ1v) is 8.01. The van der Waals surface area contributed by atoms with Gasteiger partial charge in [-0.25, -0.2) is 13.1 Å². The zero-order chi connectivity index (χ0) is 17.2. The number of carboxylic acids is 1. The maximum atomic E-state index is 12.5. The molecule has 23 heavy (non-hydrogen) atoms. The quantitative estimate of drug-likeness (QED) is 0.796. The van der Waals surface area contributed by atoms with Gasteiger partial charge in [-0.1, -0.05) is 5.21 Å². The van der Waals surface area contributed by atoms with Gasteiger partial charge in [-0.3, -0.25) is 9.52 Å². The van der Waals surface area contributed by atoms with Gasteiger partial charge in [0.05, 0.1) is 13.3 Å². The van der Waals surface area contributed by atoms with Gasteiger partial charge in [-0.15, -0.1) is 5.10 Å². The Labute approximate surface area is 132 Å². The molecule has 0 bridgehead atoms. The second-order valence-electron chi connectivity index (χ2n) is 4.89. The van der Waals surface area contributed by atoms with Crippen molar-refractivity contribution >= 4 is 21.8 Å². The summed E-state index contributed by atoms with van der Waals surface area (Å²) < 4.78 is 33.4. The second kappa shape index (κ2) is 6.24. The molecule has 0 aliphatic rings. The number of rotatable bonds is 6. The molecule has 0 unspecified atom stereocenters. The number of methoxy groups -OCH3 is 1. The summed E-state index contributed by atoms with van der Waals surface area (Å²) in [6.45, 7) is 3.22. The highest BCUT2D eigenvalue weighted by molar-refractivity contribution is 7.92. The number of sulfonamides is 1. The number of aliphatic carboxylic acids is 1. The third-order valence-corrected chi connectivity index (χ3v) is 4.52. The summed E-state index contributed by atoms with van der Waals surface area (Å²) in [7, 11) is -2.57. The fraction of sp³-hybridized carbons (Fsp3) is 0.308. The van der Waals surface area contributed by atoms with E-state index in [0.29, 0.717) is 0 Å². The van der Waals surface area contributed by atoms with Crippen molar-refractivity contribution in [2.45, 2.75) is 25.3 Å². The van der Waals surface area contributed by atoms with Crippen molar-refractivity contribution in [2.24, 2.45) is 0 Å². The van der Waals surface area contributed by atoms with Gasteiger partial charge in [0.25, 0.3) is 10.0 Å². The average molecular weight is 340 g/mol. The minimum absolute atomic E-state index is 0.0316. The van der Waals surface area contributed by atoms with Gasteiger partial charge in [-0.2, -0.15) is 0 Å². The Bertz CT molecular complexity index is 844. The minimum atomic E-state index is -3.95. The third kappa shape index (κ3) is 3.77. The molecule has 0 amide bonds. The summed E-state index contributed by atoms with van der Waals surface area (Å²) in [5, 5.41) is 15.8. The number of hydrogen-bond donors (Lipinski definition) is 2. The van der Waals surface area contributed by atoms with E-state index in [9.17, 15) is 13.2 Å². The summed E-state index contributed by atoms with van der Waals surface area (Å²) >= 11 is 0. The Morgan fingerprint density at radius 3 is 2.61 bits per heavy atom. The predicted molar refractivity (Wildman–Crippen MR) is 80.9 cm³/mol. The highest BCUT2D eigenvalue weighted by Crippen LogP contribution is 2.28. The zero-order valence-electron chi connectivity index (χ0n) is 12.8. The van der Waals surface area contributed by atoms with Crippen molar-refractivity contribution in [1.82, 2.24) is 15.0 Å². The SMILES string of the molecule is COc1cc(C)c(C)cc1S(=O)(=O)Nc1cn(CC(=O)O)nn1. The topological polar surface area (TPSA) is 123 Å². The van der Waals surface area contributed by atoms with Crippen LogP contribution < -0.4 is 9.46 Å². The standard InChI is InChI=1S/C13H16N4O5S/c1-8-4-10(22-3)11(5-9(8)2)23(20,21)15-12-6-17(16-14-12)7-13(18)19/h4-6,15H,7H2,1-3H3,(H,18,19). The van der Waals surface area contributed by atoms with E-state index in [1.165, 1.54) is 19.4 Å².